The Bertz CT molecular complexity index is 599. The molecular weight excluding hydrogens is 297 g/mol. The Morgan fingerprint density at radius 1 is 1.40 bits per heavy atom. The lowest BCUT2D eigenvalue weighted by atomic mass is 10.2. The first-order chi connectivity index (χ1) is 9.38. The summed E-state index contributed by atoms with van der Waals surface area (Å²) in [6, 6.07) is 4.65. The van der Waals surface area contributed by atoms with Gasteiger partial charge in [0.25, 0.3) is 6.43 Å². The summed E-state index contributed by atoms with van der Waals surface area (Å²) in [7, 11) is -4.11. The van der Waals surface area contributed by atoms with Crippen LogP contribution >= 0.6 is 0 Å². The van der Waals surface area contributed by atoms with Gasteiger partial charge in [0.1, 0.15) is 29.0 Å². The van der Waals surface area contributed by atoms with Gasteiger partial charge in [-0.05, 0) is 12.1 Å². The average Bonchev–Trinajstić information content (AvgIpc) is 2.37. The highest BCUT2D eigenvalue weighted by molar-refractivity contribution is 7.89. The van der Waals surface area contributed by atoms with Crippen molar-refractivity contribution in [1.82, 2.24) is 4.72 Å². The molecule has 0 aromatic heterocycles. The van der Waals surface area contributed by atoms with Gasteiger partial charge in [-0.2, -0.15) is 5.26 Å². The van der Waals surface area contributed by atoms with Crippen molar-refractivity contribution in [2.75, 3.05) is 19.8 Å². The zero-order valence-corrected chi connectivity index (χ0v) is 11.0. The number of nitrogens with zero attached hydrogens (tertiary/aromatic N) is 1. The number of alkyl halides is 2. The molecule has 1 rings (SSSR count). The van der Waals surface area contributed by atoms with Crippen molar-refractivity contribution >= 4 is 10.0 Å². The van der Waals surface area contributed by atoms with E-state index in [0.717, 1.165) is 18.2 Å². The van der Waals surface area contributed by atoms with E-state index in [0.29, 0.717) is 0 Å². The molecule has 0 amide bonds. The highest BCUT2D eigenvalue weighted by Gasteiger charge is 2.20. The van der Waals surface area contributed by atoms with E-state index in [2.05, 4.69) is 4.74 Å². The third-order valence-electron chi connectivity index (χ3n) is 2.16. The minimum absolute atomic E-state index is 0.263. The van der Waals surface area contributed by atoms with Gasteiger partial charge in [-0.15, -0.1) is 0 Å². The Kier molecular flexibility index (Phi) is 5.94. The molecule has 0 aliphatic rings. The number of sulfonamides is 1. The van der Waals surface area contributed by atoms with Crippen molar-refractivity contribution in [3.63, 3.8) is 0 Å². The van der Waals surface area contributed by atoms with Crippen LogP contribution in [0.2, 0.25) is 0 Å². The number of hydrogen-bond donors (Lipinski definition) is 1. The zero-order chi connectivity index (χ0) is 15.2. The summed E-state index contributed by atoms with van der Waals surface area (Å²) < 4.78 is 67.0. The molecule has 0 saturated carbocycles. The topological polar surface area (TPSA) is 79.2 Å². The molecule has 9 heteroatoms. The highest BCUT2D eigenvalue weighted by atomic mass is 32.2. The fourth-order valence-electron chi connectivity index (χ4n) is 1.34. The fourth-order valence-corrected chi connectivity index (χ4v) is 2.51. The second-order valence-electron chi connectivity index (χ2n) is 3.59. The Morgan fingerprint density at radius 2 is 2.10 bits per heavy atom. The molecule has 20 heavy (non-hydrogen) atoms. The monoisotopic (exact) mass is 308 g/mol. The van der Waals surface area contributed by atoms with Crippen molar-refractivity contribution in [2.24, 2.45) is 0 Å². The van der Waals surface area contributed by atoms with Gasteiger partial charge < -0.3 is 4.74 Å². The Labute approximate surface area is 114 Å². The molecule has 0 aliphatic heterocycles. The normalized spacial score (nSPS) is 11.6. The van der Waals surface area contributed by atoms with E-state index in [9.17, 15) is 21.6 Å². The lowest BCUT2D eigenvalue weighted by Crippen LogP contribution is -2.28. The van der Waals surface area contributed by atoms with E-state index < -0.39 is 39.3 Å². The molecule has 110 valence electrons. The minimum atomic E-state index is -4.11. The molecule has 1 aromatic rings. The summed E-state index contributed by atoms with van der Waals surface area (Å²) in [5.74, 6) is -0.954. The van der Waals surface area contributed by atoms with Gasteiger partial charge in [-0.3, -0.25) is 0 Å². The van der Waals surface area contributed by atoms with Gasteiger partial charge in [-0.1, -0.05) is 6.07 Å². The molecule has 0 saturated heterocycles. The van der Waals surface area contributed by atoms with Gasteiger partial charge in [-0.25, -0.2) is 26.3 Å². The fraction of sp³-hybridized carbons (Fsp3) is 0.364. The summed E-state index contributed by atoms with van der Waals surface area (Å²) >= 11 is 0. The van der Waals surface area contributed by atoms with Crippen molar-refractivity contribution in [2.45, 2.75) is 11.3 Å². The summed E-state index contributed by atoms with van der Waals surface area (Å²) in [6.07, 6.45) is -2.64. The smallest absolute Gasteiger partial charge is 0.261 e. The standard InChI is InChI=1S/C11H11F3N2O3S/c12-9-2-1-3-10(8(9)6-15)20(17,18)16-4-5-19-7-11(13)14/h1-3,11,16H,4-5,7H2. The van der Waals surface area contributed by atoms with Crippen LogP contribution in [0.25, 0.3) is 0 Å². The zero-order valence-electron chi connectivity index (χ0n) is 10.1. The maximum absolute atomic E-state index is 13.3. The van der Waals surface area contributed by atoms with Crippen LogP contribution in [0.3, 0.4) is 0 Å². The molecule has 0 unspecified atom stereocenters. The molecule has 1 aromatic carbocycles. The van der Waals surface area contributed by atoms with E-state index in [1.807, 2.05) is 4.72 Å². The lowest BCUT2D eigenvalue weighted by Gasteiger charge is -2.09. The SMILES string of the molecule is N#Cc1c(F)cccc1S(=O)(=O)NCCOCC(F)F. The van der Waals surface area contributed by atoms with Crippen molar-refractivity contribution in [3.05, 3.63) is 29.6 Å². The molecule has 0 aliphatic carbocycles. The van der Waals surface area contributed by atoms with Gasteiger partial charge in [0.05, 0.1) is 6.61 Å². The van der Waals surface area contributed by atoms with Gasteiger partial charge in [0.15, 0.2) is 0 Å². The third-order valence-corrected chi connectivity index (χ3v) is 3.66. The van der Waals surface area contributed by atoms with E-state index in [-0.39, 0.29) is 13.2 Å². The van der Waals surface area contributed by atoms with Gasteiger partial charge in [0.2, 0.25) is 10.0 Å². The van der Waals surface area contributed by atoms with Gasteiger partial charge in [0, 0.05) is 6.54 Å². The van der Waals surface area contributed by atoms with E-state index in [1.165, 1.54) is 6.07 Å². The predicted octanol–water partition coefficient (Wildman–Crippen LogP) is 1.26. The number of hydrogen-bond acceptors (Lipinski definition) is 4. The van der Waals surface area contributed by atoms with Crippen molar-refractivity contribution < 1.29 is 26.3 Å². The number of nitrogens with one attached hydrogen (secondary N) is 1. The minimum Gasteiger partial charge on any atom is -0.374 e. The number of benzene rings is 1. The number of halogens is 3. The first kappa shape index (κ1) is 16.4. The number of rotatable bonds is 7. The molecule has 0 atom stereocenters. The second-order valence-corrected chi connectivity index (χ2v) is 5.32. The van der Waals surface area contributed by atoms with Crippen LogP contribution in [0.5, 0.6) is 0 Å². The Hall–Kier alpha value is -1.63. The predicted molar refractivity (Wildman–Crippen MR) is 63.1 cm³/mol. The average molecular weight is 308 g/mol. The van der Waals surface area contributed by atoms with Crippen molar-refractivity contribution in [1.29, 1.82) is 5.26 Å². The van der Waals surface area contributed by atoms with Crippen LogP contribution < -0.4 is 4.72 Å². The van der Waals surface area contributed by atoms with Crippen LogP contribution in [-0.4, -0.2) is 34.6 Å². The molecule has 5 nitrogen and oxygen atoms in total. The molecule has 1 N–H and O–H groups in total. The molecule has 0 bridgehead atoms. The summed E-state index contributed by atoms with van der Waals surface area (Å²) in [5.41, 5.74) is -0.603. The highest BCUT2D eigenvalue weighted by Crippen LogP contribution is 2.17. The molecular formula is C11H11F3N2O3S. The number of nitriles is 1. The molecule has 0 radical (unpaired) electrons. The Balaban J connectivity index is 2.71. The van der Waals surface area contributed by atoms with E-state index in [1.54, 1.807) is 0 Å². The Morgan fingerprint density at radius 3 is 2.70 bits per heavy atom. The van der Waals surface area contributed by atoms with Crippen LogP contribution in [0.4, 0.5) is 13.2 Å². The van der Waals surface area contributed by atoms with Crippen molar-refractivity contribution in [3.8, 4) is 6.07 Å². The second kappa shape index (κ2) is 7.23. The molecule has 0 spiro atoms. The van der Waals surface area contributed by atoms with Crippen LogP contribution in [0.1, 0.15) is 5.56 Å². The summed E-state index contributed by atoms with van der Waals surface area (Å²) in [6.45, 7) is -1.33. The largest absolute Gasteiger partial charge is 0.374 e. The summed E-state index contributed by atoms with van der Waals surface area (Å²) in [5, 5.41) is 8.74. The van der Waals surface area contributed by atoms with Gasteiger partial charge >= 0.3 is 0 Å². The number of ether oxygens (including phenoxy) is 1. The van der Waals surface area contributed by atoms with E-state index >= 15 is 0 Å². The quantitative estimate of drug-likeness (QED) is 0.769. The maximum Gasteiger partial charge on any atom is 0.261 e. The first-order valence-corrected chi connectivity index (χ1v) is 6.91. The van der Waals surface area contributed by atoms with E-state index in [4.69, 9.17) is 5.26 Å². The lowest BCUT2D eigenvalue weighted by molar-refractivity contribution is 0.0199. The molecule has 0 heterocycles. The summed E-state index contributed by atoms with van der Waals surface area (Å²) in [4.78, 5) is -0.506. The molecule has 0 fully saturated rings. The maximum atomic E-state index is 13.3. The van der Waals surface area contributed by atoms with Crippen LogP contribution in [-0.2, 0) is 14.8 Å². The first-order valence-electron chi connectivity index (χ1n) is 5.42. The third kappa shape index (κ3) is 4.48. The van der Waals surface area contributed by atoms with Crippen LogP contribution in [0.15, 0.2) is 23.1 Å². The van der Waals surface area contributed by atoms with Crippen LogP contribution in [0, 0.1) is 17.1 Å².